The molecule has 8 heteroatoms. The Balaban J connectivity index is 1.71. The molecular weight excluding hydrogens is 343 g/mol. The molecule has 1 N–H and O–H groups in total. The second-order valence-corrected chi connectivity index (χ2v) is 5.40. The number of nitrogens with one attached hydrogen (secondary N) is 1. The van der Waals surface area contributed by atoms with Crippen LogP contribution < -0.4 is 5.32 Å². The first-order valence-corrected chi connectivity index (χ1v) is 7.89. The van der Waals surface area contributed by atoms with Gasteiger partial charge in [0.1, 0.15) is 11.5 Å². The highest BCUT2D eigenvalue weighted by Gasteiger charge is 2.13. The van der Waals surface area contributed by atoms with E-state index in [9.17, 15) is 24.1 Å². The molecule has 0 unspecified atom stereocenters. The molecule has 26 heavy (non-hydrogen) atoms. The minimum Gasteiger partial charge on any atom is -0.457 e. The minimum atomic E-state index is -0.570. The van der Waals surface area contributed by atoms with Crippen LogP contribution in [0.25, 0.3) is 0 Å². The fourth-order valence-electron chi connectivity index (χ4n) is 2.20. The molecule has 0 bridgehead atoms. The van der Waals surface area contributed by atoms with Crippen molar-refractivity contribution in [2.45, 2.75) is 12.8 Å². The predicted molar refractivity (Wildman–Crippen MR) is 92.5 cm³/mol. The predicted octanol–water partition coefficient (Wildman–Crippen LogP) is 3.35. The van der Waals surface area contributed by atoms with E-state index in [1.54, 1.807) is 18.2 Å². The molecule has 0 aromatic heterocycles. The lowest BCUT2D eigenvalue weighted by atomic mass is 10.1. The molecule has 0 aliphatic carbocycles. The fraction of sp³-hybridized carbons (Fsp3) is 0.222. The number of para-hydroxylation sites is 2. The van der Waals surface area contributed by atoms with E-state index in [4.69, 9.17) is 4.74 Å². The molecule has 0 amide bonds. The van der Waals surface area contributed by atoms with Gasteiger partial charge in [0, 0.05) is 24.6 Å². The Hall–Kier alpha value is -3.29. The smallest absolute Gasteiger partial charge is 0.306 e. The Labute approximate surface area is 148 Å². The monoisotopic (exact) mass is 360 g/mol. The molecule has 0 atom stereocenters. The molecule has 0 radical (unpaired) electrons. The zero-order valence-corrected chi connectivity index (χ0v) is 13.8. The number of esters is 1. The topological polar surface area (TPSA) is 98.5 Å². The van der Waals surface area contributed by atoms with Crippen LogP contribution in [0, 0.1) is 15.9 Å². The van der Waals surface area contributed by atoms with Gasteiger partial charge in [-0.15, -0.1) is 0 Å². The summed E-state index contributed by atoms with van der Waals surface area (Å²) < 4.78 is 17.9. The first-order valence-electron chi connectivity index (χ1n) is 7.89. The number of carbonyl (C=O) groups excluding carboxylic acids is 2. The van der Waals surface area contributed by atoms with E-state index >= 15 is 0 Å². The van der Waals surface area contributed by atoms with Crippen LogP contribution in [-0.2, 0) is 9.53 Å². The van der Waals surface area contributed by atoms with Crippen LogP contribution in [0.15, 0.2) is 48.5 Å². The highest BCUT2D eigenvalue weighted by molar-refractivity contribution is 5.97. The van der Waals surface area contributed by atoms with Crippen LogP contribution in [0.4, 0.5) is 15.8 Å². The minimum absolute atomic E-state index is 0.0456. The number of nitro benzene ring substituents is 1. The number of anilines is 1. The van der Waals surface area contributed by atoms with Crippen molar-refractivity contribution >= 4 is 23.1 Å². The van der Waals surface area contributed by atoms with Gasteiger partial charge in [-0.25, -0.2) is 4.39 Å². The third kappa shape index (κ3) is 5.66. The zero-order valence-electron chi connectivity index (χ0n) is 13.8. The van der Waals surface area contributed by atoms with Gasteiger partial charge in [-0.3, -0.25) is 19.7 Å². The van der Waals surface area contributed by atoms with E-state index in [0.717, 1.165) is 6.07 Å². The highest BCUT2D eigenvalue weighted by Crippen LogP contribution is 2.22. The number of halogens is 1. The molecule has 0 spiro atoms. The van der Waals surface area contributed by atoms with Crippen LogP contribution in [-0.4, -0.2) is 29.8 Å². The van der Waals surface area contributed by atoms with E-state index in [1.807, 2.05) is 0 Å². The van der Waals surface area contributed by atoms with Gasteiger partial charge in [0.25, 0.3) is 5.69 Å². The van der Waals surface area contributed by atoms with Crippen molar-refractivity contribution in [1.29, 1.82) is 0 Å². The van der Waals surface area contributed by atoms with E-state index < -0.39 is 29.1 Å². The van der Waals surface area contributed by atoms with Crippen molar-refractivity contribution in [2.75, 3.05) is 18.5 Å². The highest BCUT2D eigenvalue weighted by atomic mass is 19.1. The lowest BCUT2D eigenvalue weighted by Gasteiger charge is -2.07. The van der Waals surface area contributed by atoms with Gasteiger partial charge < -0.3 is 10.1 Å². The number of ether oxygens (including phenoxy) is 1. The van der Waals surface area contributed by atoms with E-state index in [1.165, 1.54) is 24.3 Å². The average molecular weight is 360 g/mol. The largest absolute Gasteiger partial charge is 0.457 e. The van der Waals surface area contributed by atoms with Gasteiger partial charge in [-0.2, -0.15) is 0 Å². The van der Waals surface area contributed by atoms with Crippen LogP contribution in [0.1, 0.15) is 23.2 Å². The number of ketones is 1. The number of rotatable bonds is 9. The van der Waals surface area contributed by atoms with Crippen LogP contribution in [0.5, 0.6) is 0 Å². The maximum Gasteiger partial charge on any atom is 0.306 e. The third-order valence-electron chi connectivity index (χ3n) is 3.48. The summed E-state index contributed by atoms with van der Waals surface area (Å²) in [4.78, 5) is 33.8. The molecule has 2 aromatic rings. The number of benzene rings is 2. The van der Waals surface area contributed by atoms with Gasteiger partial charge >= 0.3 is 5.97 Å². The van der Waals surface area contributed by atoms with Gasteiger partial charge in [0.05, 0.1) is 4.92 Å². The van der Waals surface area contributed by atoms with E-state index in [-0.39, 0.29) is 17.7 Å². The summed E-state index contributed by atoms with van der Waals surface area (Å²) in [6, 6.07) is 11.3. The fourth-order valence-corrected chi connectivity index (χ4v) is 2.20. The summed E-state index contributed by atoms with van der Waals surface area (Å²) in [7, 11) is 0. The maximum absolute atomic E-state index is 13.0. The Kier molecular flexibility index (Phi) is 6.78. The second kappa shape index (κ2) is 9.26. The average Bonchev–Trinajstić information content (AvgIpc) is 2.63. The summed E-state index contributed by atoms with van der Waals surface area (Å²) in [6.07, 6.45) is 0.420. The third-order valence-corrected chi connectivity index (χ3v) is 3.48. The number of hydrogen-bond acceptors (Lipinski definition) is 6. The zero-order chi connectivity index (χ0) is 18.9. The second-order valence-electron chi connectivity index (χ2n) is 5.40. The number of nitrogens with zero attached hydrogens (tertiary/aromatic N) is 1. The quantitative estimate of drug-likeness (QED) is 0.242. The van der Waals surface area contributed by atoms with Gasteiger partial charge in [-0.05, 0) is 24.6 Å². The molecule has 0 heterocycles. The molecule has 136 valence electrons. The first-order chi connectivity index (χ1) is 12.5. The lowest BCUT2D eigenvalue weighted by Crippen LogP contribution is -2.15. The number of hydrogen-bond donors (Lipinski definition) is 1. The summed E-state index contributed by atoms with van der Waals surface area (Å²) in [5, 5.41) is 13.8. The van der Waals surface area contributed by atoms with Crippen LogP contribution >= 0.6 is 0 Å². The molecule has 0 saturated carbocycles. The summed E-state index contributed by atoms with van der Waals surface area (Å²) in [5.41, 5.74) is 0.457. The molecule has 2 aromatic carbocycles. The molecule has 2 rings (SSSR count). The number of Topliss-reactive ketones (excluding diaryl/α,β-unsaturated/α-hetero) is 1. The number of carbonyl (C=O) groups is 2. The summed E-state index contributed by atoms with van der Waals surface area (Å²) in [6.45, 7) is -0.127. The molecule has 7 nitrogen and oxygen atoms in total. The first kappa shape index (κ1) is 19.0. The van der Waals surface area contributed by atoms with E-state index in [0.29, 0.717) is 18.7 Å². The van der Waals surface area contributed by atoms with Crippen molar-refractivity contribution in [1.82, 2.24) is 0 Å². The molecule has 0 aliphatic rings. The molecular formula is C18H17FN2O5. The Bertz CT molecular complexity index is 810. The Morgan fingerprint density at radius 3 is 2.65 bits per heavy atom. The van der Waals surface area contributed by atoms with Gasteiger partial charge in [0.15, 0.2) is 12.4 Å². The van der Waals surface area contributed by atoms with Gasteiger partial charge in [0.2, 0.25) is 0 Å². The normalized spacial score (nSPS) is 10.2. The van der Waals surface area contributed by atoms with Crippen LogP contribution in [0.2, 0.25) is 0 Å². The van der Waals surface area contributed by atoms with Crippen molar-refractivity contribution in [3.8, 4) is 0 Å². The molecule has 0 saturated heterocycles. The van der Waals surface area contributed by atoms with Crippen molar-refractivity contribution in [3.05, 3.63) is 70.0 Å². The van der Waals surface area contributed by atoms with Gasteiger partial charge in [-0.1, -0.05) is 24.3 Å². The molecule has 0 fully saturated rings. The summed E-state index contributed by atoms with van der Waals surface area (Å²) >= 11 is 0. The summed E-state index contributed by atoms with van der Waals surface area (Å²) in [5.74, 6) is -1.60. The Morgan fingerprint density at radius 2 is 1.92 bits per heavy atom. The lowest BCUT2D eigenvalue weighted by molar-refractivity contribution is -0.384. The Morgan fingerprint density at radius 1 is 1.15 bits per heavy atom. The van der Waals surface area contributed by atoms with Crippen molar-refractivity contribution in [2.24, 2.45) is 0 Å². The standard InChI is InChI=1S/C18H17FN2O5/c19-14-6-3-5-13(11-14)17(22)12-26-18(23)9-4-10-20-15-7-1-2-8-16(15)21(24)25/h1-3,5-8,11,20H,4,9-10,12H2. The van der Waals surface area contributed by atoms with Crippen LogP contribution in [0.3, 0.4) is 0 Å². The maximum atomic E-state index is 13.0. The molecule has 0 aliphatic heterocycles. The SMILES string of the molecule is O=C(CCCNc1ccccc1[N+](=O)[O-])OCC(=O)c1cccc(F)c1. The van der Waals surface area contributed by atoms with Crippen molar-refractivity contribution < 1.29 is 23.6 Å². The van der Waals surface area contributed by atoms with Crippen molar-refractivity contribution in [3.63, 3.8) is 0 Å². The number of nitro groups is 1. The van der Waals surface area contributed by atoms with E-state index in [2.05, 4.69) is 5.32 Å².